The summed E-state index contributed by atoms with van der Waals surface area (Å²) >= 11 is 0. The molecule has 0 aliphatic carbocycles. The Labute approximate surface area is 127 Å². The van der Waals surface area contributed by atoms with E-state index in [0.29, 0.717) is 17.9 Å². The lowest BCUT2D eigenvalue weighted by molar-refractivity contribution is -0.135. The molecule has 3 nitrogen and oxygen atoms in total. The van der Waals surface area contributed by atoms with Crippen LogP contribution in [0.5, 0.6) is 0 Å². The van der Waals surface area contributed by atoms with Crippen LogP contribution in [-0.2, 0) is 11.2 Å². The zero-order valence-electron chi connectivity index (χ0n) is 12.9. The molecule has 0 saturated carbocycles. The molecule has 0 spiro atoms. The van der Waals surface area contributed by atoms with Gasteiger partial charge in [-0.3, -0.25) is 4.79 Å². The highest BCUT2D eigenvalue weighted by Gasteiger charge is 2.34. The van der Waals surface area contributed by atoms with Crippen LogP contribution in [0.2, 0.25) is 0 Å². The molecule has 1 aromatic rings. The van der Waals surface area contributed by atoms with Crippen LogP contribution < -0.4 is 5.32 Å². The lowest BCUT2D eigenvalue weighted by Gasteiger charge is -2.33. The topological polar surface area (TPSA) is 32.3 Å². The fraction of sp³-hybridized carbons (Fsp3) is 0.611. The van der Waals surface area contributed by atoms with Gasteiger partial charge < -0.3 is 10.2 Å². The molecule has 1 N–H and O–H groups in total. The minimum atomic E-state index is 0.0464. The quantitative estimate of drug-likeness (QED) is 0.926. The standard InChI is InChI=1S/C18H26N2O/c1-14-9-10-19-17(12-14)18(21)20-11-5-8-16(20)13-15-6-3-2-4-7-15/h2-4,6-7,14,16-17,19H,5,8-13H2,1H3. The number of nitrogens with one attached hydrogen (secondary N) is 1. The van der Waals surface area contributed by atoms with Crippen molar-refractivity contribution >= 4 is 5.91 Å². The molecule has 3 heteroatoms. The van der Waals surface area contributed by atoms with E-state index < -0.39 is 0 Å². The molecule has 21 heavy (non-hydrogen) atoms. The average molecular weight is 286 g/mol. The summed E-state index contributed by atoms with van der Waals surface area (Å²) < 4.78 is 0. The van der Waals surface area contributed by atoms with Crippen molar-refractivity contribution in [3.63, 3.8) is 0 Å². The van der Waals surface area contributed by atoms with Crippen molar-refractivity contribution in [1.29, 1.82) is 0 Å². The first-order valence-electron chi connectivity index (χ1n) is 8.32. The molecule has 1 amide bonds. The third-order valence-corrected chi connectivity index (χ3v) is 4.94. The molecule has 3 rings (SSSR count). The Hall–Kier alpha value is -1.35. The molecule has 2 heterocycles. The molecule has 1 aromatic carbocycles. The maximum absolute atomic E-state index is 12.8. The monoisotopic (exact) mass is 286 g/mol. The van der Waals surface area contributed by atoms with Gasteiger partial charge in [0.15, 0.2) is 0 Å². The van der Waals surface area contributed by atoms with Crippen LogP contribution in [0, 0.1) is 5.92 Å². The summed E-state index contributed by atoms with van der Waals surface area (Å²) in [5.74, 6) is 0.996. The Balaban J connectivity index is 1.64. The van der Waals surface area contributed by atoms with Crippen molar-refractivity contribution in [2.45, 2.75) is 51.1 Å². The fourth-order valence-corrected chi connectivity index (χ4v) is 3.72. The zero-order valence-corrected chi connectivity index (χ0v) is 12.9. The Morgan fingerprint density at radius 2 is 2.10 bits per heavy atom. The molecule has 2 saturated heterocycles. The average Bonchev–Trinajstić information content (AvgIpc) is 2.95. The third kappa shape index (κ3) is 3.46. The van der Waals surface area contributed by atoms with Gasteiger partial charge in [-0.15, -0.1) is 0 Å². The van der Waals surface area contributed by atoms with Crippen LogP contribution in [0.4, 0.5) is 0 Å². The number of hydrogen-bond donors (Lipinski definition) is 1. The molecule has 2 aliphatic heterocycles. The van der Waals surface area contributed by atoms with E-state index in [2.05, 4.69) is 47.5 Å². The number of piperidine rings is 1. The number of amides is 1. The summed E-state index contributed by atoms with van der Waals surface area (Å²) in [6, 6.07) is 11.0. The molecule has 0 aromatic heterocycles. The van der Waals surface area contributed by atoms with Gasteiger partial charge in [-0.2, -0.15) is 0 Å². The van der Waals surface area contributed by atoms with Gasteiger partial charge in [0.2, 0.25) is 5.91 Å². The van der Waals surface area contributed by atoms with Crippen LogP contribution in [0.1, 0.15) is 38.2 Å². The highest BCUT2D eigenvalue weighted by molar-refractivity contribution is 5.82. The summed E-state index contributed by atoms with van der Waals surface area (Å²) in [6.45, 7) is 4.17. The van der Waals surface area contributed by atoms with E-state index >= 15 is 0 Å². The van der Waals surface area contributed by atoms with E-state index in [1.54, 1.807) is 0 Å². The van der Waals surface area contributed by atoms with E-state index in [1.807, 2.05) is 0 Å². The highest BCUT2D eigenvalue weighted by Crippen LogP contribution is 2.24. The number of benzene rings is 1. The van der Waals surface area contributed by atoms with Crippen LogP contribution in [0.25, 0.3) is 0 Å². The van der Waals surface area contributed by atoms with E-state index in [-0.39, 0.29) is 6.04 Å². The van der Waals surface area contributed by atoms with Crippen LogP contribution >= 0.6 is 0 Å². The first-order valence-corrected chi connectivity index (χ1v) is 8.32. The Morgan fingerprint density at radius 1 is 1.29 bits per heavy atom. The molecule has 3 unspecified atom stereocenters. The first kappa shape index (κ1) is 14.6. The van der Waals surface area contributed by atoms with Crippen LogP contribution in [-0.4, -0.2) is 36.0 Å². The van der Waals surface area contributed by atoms with Gasteiger partial charge in [0.1, 0.15) is 0 Å². The smallest absolute Gasteiger partial charge is 0.239 e. The van der Waals surface area contributed by atoms with Gasteiger partial charge in [-0.05, 0) is 50.1 Å². The van der Waals surface area contributed by atoms with Gasteiger partial charge in [0, 0.05) is 12.6 Å². The molecule has 3 atom stereocenters. The Morgan fingerprint density at radius 3 is 2.86 bits per heavy atom. The van der Waals surface area contributed by atoms with Gasteiger partial charge in [-0.1, -0.05) is 37.3 Å². The zero-order chi connectivity index (χ0) is 14.7. The summed E-state index contributed by atoms with van der Waals surface area (Å²) in [5.41, 5.74) is 1.34. The second-order valence-corrected chi connectivity index (χ2v) is 6.65. The molecular weight excluding hydrogens is 260 g/mol. The first-order chi connectivity index (χ1) is 10.2. The van der Waals surface area contributed by atoms with Crippen molar-refractivity contribution in [1.82, 2.24) is 10.2 Å². The normalized spacial score (nSPS) is 29.6. The number of carbonyl (C=O) groups is 1. The van der Waals surface area contributed by atoms with Crippen molar-refractivity contribution in [2.24, 2.45) is 5.92 Å². The van der Waals surface area contributed by atoms with Crippen molar-refractivity contribution in [2.75, 3.05) is 13.1 Å². The van der Waals surface area contributed by atoms with Gasteiger partial charge in [0.05, 0.1) is 6.04 Å². The number of rotatable bonds is 3. The van der Waals surface area contributed by atoms with Gasteiger partial charge in [0.25, 0.3) is 0 Å². The highest BCUT2D eigenvalue weighted by atomic mass is 16.2. The van der Waals surface area contributed by atoms with Crippen LogP contribution in [0.15, 0.2) is 30.3 Å². The number of carbonyl (C=O) groups excluding carboxylic acids is 1. The largest absolute Gasteiger partial charge is 0.338 e. The Bertz CT molecular complexity index is 473. The van der Waals surface area contributed by atoms with E-state index in [4.69, 9.17) is 0 Å². The fourth-order valence-electron chi connectivity index (χ4n) is 3.72. The number of hydrogen-bond acceptors (Lipinski definition) is 2. The van der Waals surface area contributed by atoms with Gasteiger partial charge >= 0.3 is 0 Å². The van der Waals surface area contributed by atoms with Crippen LogP contribution in [0.3, 0.4) is 0 Å². The lowest BCUT2D eigenvalue weighted by Crippen LogP contribution is -2.51. The predicted molar refractivity (Wildman–Crippen MR) is 85.1 cm³/mol. The molecule has 0 radical (unpaired) electrons. The van der Waals surface area contributed by atoms with Crippen molar-refractivity contribution < 1.29 is 4.79 Å². The summed E-state index contributed by atoms with van der Waals surface area (Å²) in [7, 11) is 0. The SMILES string of the molecule is CC1CCNC(C(=O)N2CCCC2Cc2ccccc2)C1. The Kier molecular flexibility index (Phi) is 4.59. The summed E-state index contributed by atoms with van der Waals surface area (Å²) in [5, 5.41) is 3.42. The maximum Gasteiger partial charge on any atom is 0.239 e. The lowest BCUT2D eigenvalue weighted by atomic mass is 9.93. The minimum Gasteiger partial charge on any atom is -0.338 e. The van der Waals surface area contributed by atoms with Crippen molar-refractivity contribution in [3.05, 3.63) is 35.9 Å². The van der Waals surface area contributed by atoms with Gasteiger partial charge in [-0.25, -0.2) is 0 Å². The molecule has 2 fully saturated rings. The molecule has 2 aliphatic rings. The maximum atomic E-state index is 12.8. The van der Waals surface area contributed by atoms with E-state index in [9.17, 15) is 4.79 Å². The van der Waals surface area contributed by atoms with Crippen molar-refractivity contribution in [3.8, 4) is 0 Å². The second-order valence-electron chi connectivity index (χ2n) is 6.65. The van der Waals surface area contributed by atoms with E-state index in [1.165, 1.54) is 12.0 Å². The predicted octanol–water partition coefficient (Wildman–Crippen LogP) is 2.61. The molecule has 114 valence electrons. The number of nitrogens with zero attached hydrogens (tertiary/aromatic N) is 1. The summed E-state index contributed by atoms with van der Waals surface area (Å²) in [4.78, 5) is 15.0. The second kappa shape index (κ2) is 6.61. The number of likely N-dealkylation sites (tertiary alicyclic amines) is 1. The minimum absolute atomic E-state index is 0.0464. The third-order valence-electron chi connectivity index (χ3n) is 4.94. The summed E-state index contributed by atoms with van der Waals surface area (Å²) in [6.07, 6.45) is 5.47. The molecular formula is C18H26N2O. The van der Waals surface area contributed by atoms with E-state index in [0.717, 1.165) is 38.8 Å². The molecule has 0 bridgehead atoms.